The average Bonchev–Trinajstić information content (AvgIpc) is 3.08. The Hall–Kier alpha value is -3.78. The van der Waals surface area contributed by atoms with E-state index >= 15 is 17.6 Å². The minimum absolute atomic E-state index is 0.0223. The van der Waals surface area contributed by atoms with Crippen LogP contribution in [-0.4, -0.2) is 83.7 Å². The monoisotopic (exact) mass is 988 g/mol. The maximum atomic E-state index is 15.2. The van der Waals surface area contributed by atoms with Gasteiger partial charge in [-0.3, -0.25) is 0 Å². The largest absolute Gasteiger partial charge is 0.460 e. The summed E-state index contributed by atoms with van der Waals surface area (Å²) < 4.78 is 363. The zero-order chi connectivity index (χ0) is 50.8. The van der Waals surface area contributed by atoms with Crippen molar-refractivity contribution in [1.82, 2.24) is 0 Å². The molecular formula is C36H34F26N2. The first-order chi connectivity index (χ1) is 28.1. The third-order valence-corrected chi connectivity index (χ3v) is 10.0. The van der Waals surface area contributed by atoms with Gasteiger partial charge in [-0.1, -0.05) is 35.4 Å². The van der Waals surface area contributed by atoms with Crippen LogP contribution in [0.4, 0.5) is 126 Å². The fourth-order valence-electron chi connectivity index (χ4n) is 6.53. The number of rotatable bonds is 19. The molecule has 0 aliphatic carbocycles. The highest BCUT2D eigenvalue weighted by Gasteiger charge is 2.92. The lowest BCUT2D eigenvalue weighted by atomic mass is 9.87. The molecule has 0 saturated heterocycles. The summed E-state index contributed by atoms with van der Waals surface area (Å²) in [6.45, 7) is 7.54. The maximum Gasteiger partial charge on any atom is 0.460 e. The fraction of sp³-hybridized carbons (Fsp3) is 0.667. The number of anilines is 2. The van der Waals surface area contributed by atoms with E-state index in [1.165, 1.54) is 65.8 Å². The van der Waals surface area contributed by atoms with Gasteiger partial charge in [-0.2, -0.15) is 114 Å². The highest BCUT2D eigenvalue weighted by Crippen LogP contribution is 2.63. The lowest BCUT2D eigenvalue weighted by molar-refractivity contribution is -0.440. The van der Waals surface area contributed by atoms with Gasteiger partial charge >= 0.3 is 71.6 Å². The molecule has 2 atom stereocenters. The predicted molar refractivity (Wildman–Crippen MR) is 176 cm³/mol. The summed E-state index contributed by atoms with van der Waals surface area (Å²) in [5, 5.41) is 4.49. The molecule has 0 saturated carbocycles. The van der Waals surface area contributed by atoms with Crippen molar-refractivity contribution < 1.29 is 114 Å². The average molecular weight is 989 g/mol. The summed E-state index contributed by atoms with van der Waals surface area (Å²) in [6.07, 6.45) is -25.8. The zero-order valence-electron chi connectivity index (χ0n) is 33.1. The van der Waals surface area contributed by atoms with Crippen LogP contribution in [0.5, 0.6) is 0 Å². The van der Waals surface area contributed by atoms with Crippen LogP contribution in [0, 0.1) is 41.5 Å². The van der Waals surface area contributed by atoms with E-state index < -0.39 is 109 Å². The summed E-state index contributed by atoms with van der Waals surface area (Å²) in [5.41, 5.74) is -0.0752. The molecule has 0 amide bonds. The molecule has 28 heteroatoms. The number of hydrogen-bond donors (Lipinski definition) is 2. The van der Waals surface area contributed by atoms with Crippen molar-refractivity contribution in [2.75, 3.05) is 10.6 Å². The molecule has 370 valence electrons. The lowest BCUT2D eigenvalue weighted by Gasteiger charge is -2.41. The summed E-state index contributed by atoms with van der Waals surface area (Å²) in [7, 11) is 0. The van der Waals surface area contributed by atoms with E-state index in [1.54, 1.807) is 0 Å². The quantitative estimate of drug-likeness (QED) is 0.137. The fourth-order valence-corrected chi connectivity index (χ4v) is 6.53. The van der Waals surface area contributed by atoms with Gasteiger partial charge in [-0.05, 0) is 76.6 Å². The van der Waals surface area contributed by atoms with Crippen molar-refractivity contribution in [3.63, 3.8) is 0 Å². The van der Waals surface area contributed by atoms with Gasteiger partial charge in [0.1, 0.15) is 0 Å². The van der Waals surface area contributed by atoms with Crippen molar-refractivity contribution in [3.05, 3.63) is 57.6 Å². The first-order valence-corrected chi connectivity index (χ1v) is 17.7. The Morgan fingerprint density at radius 3 is 0.734 bits per heavy atom. The SMILES string of the molecule is Cc1cc(C)c(N[C@@H](CCC(F)(F)C(F)(F)C(F)(F)C(F)(F)C(F)(F)C(F)(F)F)[C@H](CCC(F)(F)C(F)(F)C(F)(F)C(F)(F)C(F)(F)C(F)(F)F)Nc2c(C)cc(C)cc2C)c(C)c1. The molecule has 0 spiro atoms. The maximum absolute atomic E-state index is 15.2. The number of hydrogen-bond acceptors (Lipinski definition) is 2. The summed E-state index contributed by atoms with van der Waals surface area (Å²) in [6, 6.07) is -0.167. The van der Waals surface area contributed by atoms with Crippen LogP contribution in [0.15, 0.2) is 24.3 Å². The molecule has 0 heterocycles. The van der Waals surface area contributed by atoms with Gasteiger partial charge in [-0.15, -0.1) is 0 Å². The normalized spacial score (nSPS) is 15.9. The Labute approximate surface area is 345 Å². The second-order valence-corrected chi connectivity index (χ2v) is 15.1. The van der Waals surface area contributed by atoms with Crippen LogP contribution in [0.2, 0.25) is 0 Å². The van der Waals surface area contributed by atoms with Crippen LogP contribution in [0.3, 0.4) is 0 Å². The second-order valence-electron chi connectivity index (χ2n) is 15.1. The number of alkyl halides is 26. The summed E-state index contributed by atoms with van der Waals surface area (Å²) in [5.74, 6) is -79.0. The van der Waals surface area contributed by atoms with Gasteiger partial charge in [0.15, 0.2) is 0 Å². The number of nitrogens with one attached hydrogen (secondary N) is 2. The van der Waals surface area contributed by atoms with Gasteiger partial charge in [-0.25, -0.2) is 0 Å². The first kappa shape index (κ1) is 56.3. The van der Waals surface area contributed by atoms with Crippen molar-refractivity contribution in [3.8, 4) is 0 Å². The van der Waals surface area contributed by atoms with E-state index in [0.29, 0.717) is 11.1 Å². The van der Waals surface area contributed by atoms with E-state index in [-0.39, 0.29) is 33.6 Å². The van der Waals surface area contributed by atoms with Gasteiger partial charge in [0.25, 0.3) is 0 Å². The molecular weight excluding hydrogens is 954 g/mol. The highest BCUT2D eigenvalue weighted by atomic mass is 19.4. The molecule has 2 rings (SSSR count). The Balaban J connectivity index is 2.90. The number of benzene rings is 2. The second kappa shape index (κ2) is 17.1. The topological polar surface area (TPSA) is 24.1 Å². The smallest absolute Gasteiger partial charge is 0.380 e. The van der Waals surface area contributed by atoms with Gasteiger partial charge in [0.2, 0.25) is 0 Å². The molecule has 2 aromatic rings. The molecule has 2 N–H and O–H groups in total. The standard InChI is InChI=1S/C36H34F26N2/c1-15-11-17(3)23(18(4)12-15)63-21(7-9-25(37,38)27(41,42)29(45,46)31(49,50)33(53,54)35(57,58)59)22(64-24-19(5)13-16(2)14-20(24)6)8-10-26(39,40)28(43,44)30(47,48)32(51,52)34(55,56)36(60,61)62/h11-14,21-22,63-64H,7-10H2,1-6H3/t21-,22-/m0/s1. The third kappa shape index (κ3) is 9.42. The Bertz CT molecular complexity index is 1780. The first-order valence-electron chi connectivity index (χ1n) is 17.7. The summed E-state index contributed by atoms with van der Waals surface area (Å²) >= 11 is 0. The van der Waals surface area contributed by atoms with Gasteiger partial charge < -0.3 is 10.6 Å². The van der Waals surface area contributed by atoms with Crippen LogP contribution in [-0.2, 0) is 0 Å². The molecule has 2 nitrogen and oxygen atoms in total. The van der Waals surface area contributed by atoms with Crippen LogP contribution in [0.25, 0.3) is 0 Å². The third-order valence-electron chi connectivity index (χ3n) is 10.0. The van der Waals surface area contributed by atoms with E-state index in [9.17, 15) is 96.6 Å². The van der Waals surface area contributed by atoms with E-state index in [2.05, 4.69) is 10.6 Å². The zero-order valence-corrected chi connectivity index (χ0v) is 33.1. The molecule has 0 radical (unpaired) electrons. The van der Waals surface area contributed by atoms with Crippen molar-refractivity contribution >= 4 is 11.4 Å². The molecule has 0 aromatic heterocycles. The minimum Gasteiger partial charge on any atom is -0.380 e. The van der Waals surface area contributed by atoms with E-state index in [1.807, 2.05) is 0 Å². The van der Waals surface area contributed by atoms with Crippen LogP contribution < -0.4 is 10.6 Å². The molecule has 0 aliphatic heterocycles. The molecule has 0 aliphatic rings. The van der Waals surface area contributed by atoms with Crippen molar-refractivity contribution in [1.29, 1.82) is 0 Å². The Kier molecular flexibility index (Phi) is 15.1. The highest BCUT2D eigenvalue weighted by molar-refractivity contribution is 5.61. The summed E-state index contributed by atoms with van der Waals surface area (Å²) in [4.78, 5) is 0. The van der Waals surface area contributed by atoms with Crippen molar-refractivity contribution in [2.24, 2.45) is 0 Å². The van der Waals surface area contributed by atoms with E-state index in [4.69, 9.17) is 0 Å². The van der Waals surface area contributed by atoms with E-state index in [0.717, 1.165) is 0 Å². The Morgan fingerprint density at radius 2 is 0.531 bits per heavy atom. The van der Waals surface area contributed by atoms with Crippen LogP contribution in [0.1, 0.15) is 59.1 Å². The van der Waals surface area contributed by atoms with Gasteiger partial charge in [0.05, 0.1) is 0 Å². The Morgan fingerprint density at radius 1 is 0.328 bits per heavy atom. The molecule has 0 bridgehead atoms. The number of halogens is 26. The number of aryl methyl sites for hydroxylation is 6. The van der Waals surface area contributed by atoms with Gasteiger partial charge in [0, 0.05) is 36.3 Å². The van der Waals surface area contributed by atoms with Crippen LogP contribution >= 0.6 is 0 Å². The molecule has 0 unspecified atom stereocenters. The molecule has 64 heavy (non-hydrogen) atoms. The molecule has 2 aromatic carbocycles. The molecule has 0 fully saturated rings. The van der Waals surface area contributed by atoms with Crippen molar-refractivity contribution in [2.45, 2.75) is 151 Å². The minimum atomic E-state index is -8.34. The lowest BCUT2D eigenvalue weighted by Crippen LogP contribution is -2.70. The predicted octanol–water partition coefficient (Wildman–Crippen LogP) is 14.8.